The number of aliphatic hydroxyl groups is 3. The summed E-state index contributed by atoms with van der Waals surface area (Å²) in [5.74, 6) is -1.39. The van der Waals surface area contributed by atoms with Crippen molar-refractivity contribution in [2.24, 2.45) is 0 Å². The van der Waals surface area contributed by atoms with E-state index in [-0.39, 0.29) is 0 Å². The van der Waals surface area contributed by atoms with Crippen molar-refractivity contribution in [2.45, 2.75) is 37.1 Å². The van der Waals surface area contributed by atoms with E-state index in [4.69, 9.17) is 9.84 Å². The molecule has 5 atom stereocenters. The predicted molar refractivity (Wildman–Crippen MR) is 72.5 cm³/mol. The number of carboxylic acid groups (broad SMARTS) is 1. The standard InChI is InChI=1S/C14H19NO6/c16-9-10(17)12(14(19)20)21-13(11(9)18)15-7-6-8-4-2-1-3-5-8/h1-5,9-13,15-18H,6-7H2,(H,19,20). The molecule has 0 spiro atoms. The summed E-state index contributed by atoms with van der Waals surface area (Å²) in [6.07, 6.45) is -6.60. The molecule has 1 aromatic carbocycles. The van der Waals surface area contributed by atoms with Crippen molar-refractivity contribution in [1.82, 2.24) is 5.32 Å². The van der Waals surface area contributed by atoms with Crippen LogP contribution in [0.3, 0.4) is 0 Å². The maximum Gasteiger partial charge on any atom is 0.335 e. The maximum atomic E-state index is 11.0. The van der Waals surface area contributed by atoms with E-state index in [2.05, 4.69) is 5.32 Å². The van der Waals surface area contributed by atoms with Crippen molar-refractivity contribution in [3.63, 3.8) is 0 Å². The molecular weight excluding hydrogens is 278 g/mol. The summed E-state index contributed by atoms with van der Waals surface area (Å²) in [6, 6.07) is 9.60. The molecule has 2 rings (SSSR count). The van der Waals surface area contributed by atoms with Crippen LogP contribution in [0.4, 0.5) is 0 Å². The normalized spacial score (nSPS) is 32.8. The molecule has 0 radical (unpaired) electrons. The van der Waals surface area contributed by atoms with E-state index >= 15 is 0 Å². The van der Waals surface area contributed by atoms with Gasteiger partial charge >= 0.3 is 5.97 Å². The molecule has 0 aliphatic carbocycles. The highest BCUT2D eigenvalue weighted by Gasteiger charge is 2.46. The van der Waals surface area contributed by atoms with Crippen LogP contribution in [0.5, 0.6) is 0 Å². The van der Waals surface area contributed by atoms with Gasteiger partial charge in [-0.15, -0.1) is 0 Å². The SMILES string of the molecule is O=C(O)C1OC(NCCc2ccccc2)C(O)C(O)C1O. The fourth-order valence-electron chi connectivity index (χ4n) is 2.26. The minimum Gasteiger partial charge on any atom is -0.479 e. The fourth-order valence-corrected chi connectivity index (χ4v) is 2.26. The van der Waals surface area contributed by atoms with E-state index in [9.17, 15) is 20.1 Å². The monoisotopic (exact) mass is 297 g/mol. The van der Waals surface area contributed by atoms with Crippen molar-refractivity contribution in [1.29, 1.82) is 0 Å². The Kier molecular flexibility index (Phi) is 5.27. The van der Waals surface area contributed by atoms with Crippen molar-refractivity contribution in [3.05, 3.63) is 35.9 Å². The average molecular weight is 297 g/mol. The molecule has 0 amide bonds. The van der Waals surface area contributed by atoms with Crippen molar-refractivity contribution in [2.75, 3.05) is 6.54 Å². The Morgan fingerprint density at radius 2 is 1.76 bits per heavy atom. The lowest BCUT2D eigenvalue weighted by molar-refractivity contribution is -0.233. The zero-order chi connectivity index (χ0) is 15.4. The van der Waals surface area contributed by atoms with Crippen LogP contribution in [0.1, 0.15) is 5.56 Å². The van der Waals surface area contributed by atoms with Gasteiger partial charge in [0.25, 0.3) is 0 Å². The summed E-state index contributed by atoms with van der Waals surface area (Å²) in [5, 5.41) is 40.8. The second-order valence-electron chi connectivity index (χ2n) is 4.98. The second kappa shape index (κ2) is 6.97. The average Bonchev–Trinajstić information content (AvgIpc) is 2.48. The lowest BCUT2D eigenvalue weighted by Crippen LogP contribution is -2.63. The number of ether oxygens (including phenoxy) is 1. The van der Waals surface area contributed by atoms with Gasteiger partial charge in [-0.3, -0.25) is 5.32 Å². The van der Waals surface area contributed by atoms with Crippen LogP contribution in [0.2, 0.25) is 0 Å². The van der Waals surface area contributed by atoms with Gasteiger partial charge in [0.15, 0.2) is 6.10 Å². The highest BCUT2D eigenvalue weighted by atomic mass is 16.6. The number of rotatable bonds is 5. The number of aliphatic hydroxyl groups excluding tert-OH is 3. The van der Waals surface area contributed by atoms with Gasteiger partial charge in [-0.2, -0.15) is 0 Å². The number of hydrogen-bond donors (Lipinski definition) is 5. The third-order valence-electron chi connectivity index (χ3n) is 3.46. The van der Waals surface area contributed by atoms with Gasteiger partial charge in [-0.1, -0.05) is 30.3 Å². The Labute approximate surface area is 121 Å². The Hall–Kier alpha value is -1.51. The molecular formula is C14H19NO6. The Morgan fingerprint density at radius 1 is 1.10 bits per heavy atom. The molecule has 1 saturated heterocycles. The van der Waals surface area contributed by atoms with E-state index in [0.717, 1.165) is 5.56 Å². The van der Waals surface area contributed by atoms with E-state index in [1.54, 1.807) is 0 Å². The van der Waals surface area contributed by atoms with Crippen LogP contribution in [-0.2, 0) is 16.0 Å². The molecule has 5 N–H and O–H groups in total. The van der Waals surface area contributed by atoms with E-state index < -0.39 is 36.6 Å². The van der Waals surface area contributed by atoms with Crippen LogP contribution < -0.4 is 5.32 Å². The van der Waals surface area contributed by atoms with Gasteiger partial charge in [0.1, 0.15) is 24.5 Å². The molecule has 1 fully saturated rings. The zero-order valence-corrected chi connectivity index (χ0v) is 11.3. The van der Waals surface area contributed by atoms with E-state index in [0.29, 0.717) is 13.0 Å². The summed E-state index contributed by atoms with van der Waals surface area (Å²) in [6.45, 7) is 0.431. The van der Waals surface area contributed by atoms with Crippen molar-refractivity contribution in [3.8, 4) is 0 Å². The number of aliphatic carboxylic acids is 1. The summed E-state index contributed by atoms with van der Waals surface area (Å²) in [7, 11) is 0. The number of carbonyl (C=O) groups is 1. The fraction of sp³-hybridized carbons (Fsp3) is 0.500. The van der Waals surface area contributed by atoms with Crippen LogP contribution in [0.25, 0.3) is 0 Å². The molecule has 116 valence electrons. The quantitative estimate of drug-likeness (QED) is 0.459. The predicted octanol–water partition coefficient (Wildman–Crippen LogP) is -1.29. The summed E-state index contributed by atoms with van der Waals surface area (Å²) < 4.78 is 5.11. The second-order valence-corrected chi connectivity index (χ2v) is 4.98. The van der Waals surface area contributed by atoms with Crippen LogP contribution >= 0.6 is 0 Å². The highest BCUT2D eigenvalue weighted by molar-refractivity contribution is 5.73. The largest absolute Gasteiger partial charge is 0.479 e. The first kappa shape index (κ1) is 15.9. The topological polar surface area (TPSA) is 119 Å². The molecule has 21 heavy (non-hydrogen) atoms. The lowest BCUT2D eigenvalue weighted by atomic mass is 9.98. The Bertz CT molecular complexity index is 468. The molecule has 7 nitrogen and oxygen atoms in total. The number of carboxylic acids is 1. The molecule has 1 aliphatic heterocycles. The third-order valence-corrected chi connectivity index (χ3v) is 3.46. The molecule has 0 bridgehead atoms. The van der Waals surface area contributed by atoms with Crippen molar-refractivity contribution < 1.29 is 30.0 Å². The molecule has 1 aliphatic rings. The molecule has 0 aromatic heterocycles. The molecule has 1 heterocycles. The van der Waals surface area contributed by atoms with Gasteiger partial charge in [0, 0.05) is 6.54 Å². The van der Waals surface area contributed by atoms with Crippen molar-refractivity contribution >= 4 is 5.97 Å². The number of benzene rings is 1. The summed E-state index contributed by atoms with van der Waals surface area (Å²) in [4.78, 5) is 11.0. The zero-order valence-electron chi connectivity index (χ0n) is 11.3. The third kappa shape index (κ3) is 3.78. The van der Waals surface area contributed by atoms with Gasteiger partial charge in [0.2, 0.25) is 0 Å². The van der Waals surface area contributed by atoms with Crippen LogP contribution in [0, 0.1) is 0 Å². The van der Waals surface area contributed by atoms with Gasteiger partial charge in [-0.25, -0.2) is 4.79 Å². The first-order valence-electron chi connectivity index (χ1n) is 6.70. The molecule has 1 aromatic rings. The number of hydrogen-bond acceptors (Lipinski definition) is 6. The minimum atomic E-state index is -1.66. The van der Waals surface area contributed by atoms with Gasteiger partial charge < -0.3 is 25.2 Å². The Morgan fingerprint density at radius 3 is 2.38 bits per heavy atom. The van der Waals surface area contributed by atoms with E-state index in [1.807, 2.05) is 30.3 Å². The lowest BCUT2D eigenvalue weighted by Gasteiger charge is -2.39. The highest BCUT2D eigenvalue weighted by Crippen LogP contribution is 2.20. The van der Waals surface area contributed by atoms with Crippen LogP contribution in [0.15, 0.2) is 30.3 Å². The Balaban J connectivity index is 1.91. The summed E-state index contributed by atoms with van der Waals surface area (Å²) >= 11 is 0. The first-order chi connectivity index (χ1) is 10.0. The molecule has 7 heteroatoms. The first-order valence-corrected chi connectivity index (χ1v) is 6.70. The van der Waals surface area contributed by atoms with Gasteiger partial charge in [0.05, 0.1) is 0 Å². The van der Waals surface area contributed by atoms with Gasteiger partial charge in [-0.05, 0) is 12.0 Å². The minimum absolute atomic E-state index is 0.431. The molecule has 0 saturated carbocycles. The number of nitrogens with one attached hydrogen (secondary N) is 1. The smallest absolute Gasteiger partial charge is 0.335 e. The van der Waals surface area contributed by atoms with Crippen LogP contribution in [-0.4, -0.2) is 63.6 Å². The molecule has 5 unspecified atom stereocenters. The van der Waals surface area contributed by atoms with E-state index in [1.165, 1.54) is 0 Å². The maximum absolute atomic E-state index is 11.0. The summed E-state index contributed by atoms with van der Waals surface area (Å²) in [5.41, 5.74) is 1.07.